The van der Waals surface area contributed by atoms with Gasteiger partial charge in [-0.2, -0.15) is 9.97 Å². The molecule has 0 radical (unpaired) electrons. The average molecular weight is 1010 g/mol. The molecule has 356 valence electrons. The van der Waals surface area contributed by atoms with Crippen LogP contribution in [-0.2, 0) is 0 Å². The Hall–Kier alpha value is -9.95. The predicted octanol–water partition coefficient (Wildman–Crippen LogP) is 13.9. The molecule has 0 fully saturated rings. The topological polar surface area (TPSA) is 53.5 Å². The van der Waals surface area contributed by atoms with E-state index in [1.807, 2.05) is 158 Å². The third kappa shape index (κ3) is 6.69. The molecule has 6 nitrogen and oxygen atoms in total. The first-order chi connectivity index (χ1) is 45.2. The monoisotopic (exact) mass is 1000 g/mol. The Morgan fingerprint density at radius 2 is 0.789 bits per heavy atom. The second kappa shape index (κ2) is 17.6. The minimum absolute atomic E-state index is 0.0516. The Labute approximate surface area is 465 Å². The third-order valence-electron chi connectivity index (χ3n) is 14.2. The number of para-hydroxylation sites is 6. The van der Waals surface area contributed by atoms with Gasteiger partial charge in [-0.25, -0.2) is 4.98 Å². The van der Waals surface area contributed by atoms with Crippen molar-refractivity contribution in [2.24, 2.45) is 0 Å². The van der Waals surface area contributed by atoms with Crippen LogP contribution in [0.2, 0.25) is 0 Å². The Kier molecular flexibility index (Phi) is 6.74. The summed E-state index contributed by atoms with van der Waals surface area (Å²) < 4.78 is 177. The summed E-state index contributed by atoms with van der Waals surface area (Å²) in [5.74, 6) is -0.610. The lowest BCUT2D eigenvalue weighted by molar-refractivity contribution is 0.952. The van der Waals surface area contributed by atoms with Crippen LogP contribution in [0, 0.1) is 0 Å². The van der Waals surface area contributed by atoms with Gasteiger partial charge in [-0.05, 0) is 75.3 Å². The van der Waals surface area contributed by atoms with Gasteiger partial charge in [0.1, 0.15) is 0 Å². The van der Waals surface area contributed by atoms with E-state index in [0.717, 1.165) is 60.6 Å². The van der Waals surface area contributed by atoms with Crippen LogP contribution < -0.4 is 20.7 Å². The smallest absolute Gasteiger partial charge is 0.238 e. The number of fused-ring (bicyclic) bond motifs is 9. The van der Waals surface area contributed by atoms with Crippen molar-refractivity contribution in [3.63, 3.8) is 0 Å². The molecular formula is C69H46N6Si. The zero-order chi connectivity index (χ0) is 65.8. The minimum atomic E-state index is -6.06. The molecule has 0 atom stereocenters. The van der Waals surface area contributed by atoms with Gasteiger partial charge in [-0.15, -0.1) is 0 Å². The predicted molar refractivity (Wildman–Crippen MR) is 317 cm³/mol. The molecule has 0 amide bonds. The van der Waals surface area contributed by atoms with Crippen molar-refractivity contribution >= 4 is 94.2 Å². The fourth-order valence-electron chi connectivity index (χ4n) is 11.0. The fourth-order valence-corrected chi connectivity index (χ4v) is 14.7. The van der Waals surface area contributed by atoms with Crippen LogP contribution in [0.5, 0.6) is 0 Å². The van der Waals surface area contributed by atoms with Gasteiger partial charge >= 0.3 is 0 Å². The van der Waals surface area contributed by atoms with Crippen LogP contribution in [0.4, 0.5) is 0 Å². The van der Waals surface area contributed by atoms with Crippen LogP contribution in [0.1, 0.15) is 24.7 Å². The van der Waals surface area contributed by atoms with E-state index >= 15 is 0 Å². The molecule has 0 aliphatic rings. The second-order valence-corrected chi connectivity index (χ2v) is 21.7. The van der Waals surface area contributed by atoms with Crippen LogP contribution in [0.3, 0.4) is 0 Å². The summed E-state index contributed by atoms with van der Waals surface area (Å²) >= 11 is 0. The van der Waals surface area contributed by atoms with Gasteiger partial charge < -0.3 is 9.13 Å². The highest BCUT2D eigenvalue weighted by Gasteiger charge is 2.41. The molecule has 7 heteroatoms. The molecule has 0 N–H and O–H groups in total. The zero-order valence-corrected chi connectivity index (χ0v) is 40.8. The van der Waals surface area contributed by atoms with Crippen LogP contribution in [-0.4, -0.2) is 36.7 Å². The van der Waals surface area contributed by atoms with Gasteiger partial charge in [0.05, 0.1) is 63.5 Å². The molecule has 15 aromatic rings. The summed E-state index contributed by atoms with van der Waals surface area (Å²) in [6, 6.07) is 36.1. The standard InChI is InChI=1S/C69H46N6Si/c1-5-25-48(26-6-1)73-60-39-18-17-38-57(60)58-45-66(74-61-40-19-13-34-53(61)54-35-14-20-41-62(54)74)59(46-65(58)73)68-70-67(71-69(72-68)75-63-42-21-15-36-55(63)56-37-16-22-43-64(56)75)47-24-23-33-52(44-47)76(49-27-7-2-8-28-49,50-29-9-3-10-30-50)51-31-11-4-12-32-51/h1-46H/i2D,3D,4D,7D,8D,9D,10D,11D,12D,23D,24D,27D,28D,29D,30D,31D,33D,44D. The lowest BCUT2D eigenvalue weighted by Gasteiger charge is -2.34. The normalized spacial score (nSPS) is 15.3. The van der Waals surface area contributed by atoms with E-state index in [2.05, 4.69) is 15.2 Å². The van der Waals surface area contributed by atoms with Crippen molar-refractivity contribution in [1.29, 1.82) is 0 Å². The Balaban J connectivity index is 1.17. The van der Waals surface area contributed by atoms with Crippen molar-refractivity contribution in [1.82, 2.24) is 28.7 Å². The first-order valence-electron chi connectivity index (χ1n) is 33.4. The maximum atomic E-state index is 10.9. The number of hydrogen-bond donors (Lipinski definition) is 0. The molecule has 11 aromatic carbocycles. The SMILES string of the molecule is [2H]c1cc([Si](c2c([2H])c([2H])c([2H])c([2H])c2[2H])(c2c([2H])c([2H])c([2H])c([2H])c2[2H])c2c([2H])c([2H])c([2H])c(-c3nc(-c4cc5c(cc4-n4c6ccccc6c6ccccc64)c4ccccc4n5-c4ccccc4)nc(-n4c5ccccc5c5ccccc54)n3)c2[2H])c([2H])c([2H])c1[2H]. The Bertz CT molecular complexity index is 5600. The maximum absolute atomic E-state index is 10.9. The van der Waals surface area contributed by atoms with Crippen molar-refractivity contribution < 1.29 is 24.7 Å². The summed E-state index contributed by atoms with van der Waals surface area (Å²) in [6.45, 7) is 0. The van der Waals surface area contributed by atoms with E-state index < -0.39 is 149 Å². The van der Waals surface area contributed by atoms with Crippen molar-refractivity contribution in [3.8, 4) is 40.1 Å². The quantitative estimate of drug-likeness (QED) is 0.107. The Morgan fingerprint density at radius 3 is 1.37 bits per heavy atom. The highest BCUT2D eigenvalue weighted by atomic mass is 28.3. The van der Waals surface area contributed by atoms with E-state index in [-0.39, 0.29) is 11.8 Å². The van der Waals surface area contributed by atoms with Crippen LogP contribution >= 0.6 is 0 Å². The van der Waals surface area contributed by atoms with E-state index in [4.69, 9.17) is 27.3 Å². The summed E-state index contributed by atoms with van der Waals surface area (Å²) in [4.78, 5) is 15.9. The largest absolute Gasteiger partial charge is 0.309 e. The average Bonchev–Trinajstić information content (AvgIpc) is 0.931. The van der Waals surface area contributed by atoms with Gasteiger partial charge in [-0.1, -0.05) is 224 Å². The number of aromatic nitrogens is 6. The molecule has 4 heterocycles. The number of nitrogens with zero attached hydrogens (tertiary/aromatic N) is 6. The number of rotatable bonds is 9. The highest BCUT2D eigenvalue weighted by molar-refractivity contribution is 7.19. The van der Waals surface area contributed by atoms with Crippen molar-refractivity contribution in [2.45, 2.75) is 0 Å². The van der Waals surface area contributed by atoms with E-state index in [9.17, 15) is 12.3 Å². The molecule has 0 unspecified atom stereocenters. The summed E-state index contributed by atoms with van der Waals surface area (Å²) in [7, 11) is -6.06. The first kappa shape index (κ1) is 29.1. The van der Waals surface area contributed by atoms with Crippen molar-refractivity contribution in [2.75, 3.05) is 0 Å². The molecule has 0 spiro atoms. The molecule has 15 rings (SSSR count). The van der Waals surface area contributed by atoms with E-state index in [1.165, 1.54) is 0 Å². The minimum Gasteiger partial charge on any atom is -0.309 e. The first-order valence-corrected chi connectivity index (χ1v) is 26.4. The maximum Gasteiger partial charge on any atom is 0.238 e. The molecule has 0 aliphatic carbocycles. The molecule has 4 aromatic heterocycles. The second-order valence-electron chi connectivity index (χ2n) is 18.2. The lowest BCUT2D eigenvalue weighted by Crippen LogP contribution is -2.74. The fraction of sp³-hybridized carbons (Fsp3) is 0. The summed E-state index contributed by atoms with van der Waals surface area (Å²) in [6.07, 6.45) is 0. The van der Waals surface area contributed by atoms with Crippen LogP contribution in [0.15, 0.2) is 279 Å². The molecule has 0 bridgehead atoms. The van der Waals surface area contributed by atoms with Crippen molar-refractivity contribution in [3.05, 3.63) is 279 Å². The molecule has 0 aliphatic heterocycles. The van der Waals surface area contributed by atoms with E-state index in [1.54, 1.807) is 4.57 Å². The zero-order valence-electron chi connectivity index (χ0n) is 57.8. The molecule has 0 saturated heterocycles. The van der Waals surface area contributed by atoms with Crippen LogP contribution in [0.25, 0.3) is 106 Å². The highest BCUT2D eigenvalue weighted by Crippen LogP contribution is 2.42. The number of benzene rings is 11. The van der Waals surface area contributed by atoms with Gasteiger partial charge in [-0.3, -0.25) is 4.57 Å². The molecular weight excluding hydrogens is 941 g/mol. The Morgan fingerprint density at radius 1 is 0.329 bits per heavy atom. The number of hydrogen-bond acceptors (Lipinski definition) is 3. The van der Waals surface area contributed by atoms with Gasteiger partial charge in [0.25, 0.3) is 0 Å². The third-order valence-corrected chi connectivity index (χ3v) is 18.3. The summed E-state index contributed by atoms with van der Waals surface area (Å²) in [5, 5.41) is 1.92. The van der Waals surface area contributed by atoms with E-state index in [0.29, 0.717) is 27.8 Å². The molecule has 0 saturated carbocycles. The van der Waals surface area contributed by atoms with Gasteiger partial charge in [0.2, 0.25) is 5.95 Å². The summed E-state index contributed by atoms with van der Waals surface area (Å²) in [5.41, 5.74) is 5.57. The lowest BCUT2D eigenvalue weighted by atomic mass is 10.1. The van der Waals surface area contributed by atoms with Gasteiger partial charge in [0, 0.05) is 49.1 Å². The molecule has 76 heavy (non-hydrogen) atoms. The van der Waals surface area contributed by atoms with Gasteiger partial charge in [0.15, 0.2) is 19.7 Å².